The van der Waals surface area contributed by atoms with Crippen LogP contribution in [-0.2, 0) is 28.8 Å². The smallest absolute Gasteiger partial charge is 0.341 e. The molecule has 0 aliphatic heterocycles. The highest BCUT2D eigenvalue weighted by atomic mass is 32.1. The van der Waals surface area contributed by atoms with Crippen molar-refractivity contribution in [3.05, 3.63) is 50.9 Å². The van der Waals surface area contributed by atoms with Crippen molar-refractivity contribution in [2.24, 2.45) is 5.92 Å². The van der Waals surface area contributed by atoms with Gasteiger partial charge in [0.25, 0.3) is 0 Å². The van der Waals surface area contributed by atoms with E-state index in [0.29, 0.717) is 29.5 Å². The topological polar surface area (TPSA) is 55.4 Å². The summed E-state index contributed by atoms with van der Waals surface area (Å²) in [5.41, 5.74) is 4.93. The van der Waals surface area contributed by atoms with Gasteiger partial charge in [0.15, 0.2) is 0 Å². The minimum Gasteiger partial charge on any atom is -0.462 e. The van der Waals surface area contributed by atoms with Crippen LogP contribution in [0.25, 0.3) is 0 Å². The van der Waals surface area contributed by atoms with Crippen molar-refractivity contribution in [1.82, 2.24) is 0 Å². The molecule has 0 radical (unpaired) electrons. The van der Waals surface area contributed by atoms with E-state index in [1.54, 1.807) is 6.92 Å². The first kappa shape index (κ1) is 19.6. The molecule has 2 aromatic rings. The first-order valence-electron chi connectivity index (χ1n) is 9.56. The third-order valence-electron chi connectivity index (χ3n) is 5.09. The highest BCUT2D eigenvalue weighted by Crippen LogP contribution is 2.40. The molecule has 5 heteroatoms. The molecule has 1 atom stereocenters. The van der Waals surface area contributed by atoms with Crippen LogP contribution in [0.4, 0.5) is 5.00 Å². The van der Waals surface area contributed by atoms with Crippen molar-refractivity contribution in [3.8, 4) is 0 Å². The van der Waals surface area contributed by atoms with Crippen LogP contribution >= 0.6 is 11.3 Å². The van der Waals surface area contributed by atoms with E-state index in [1.807, 2.05) is 26.0 Å². The Morgan fingerprint density at radius 3 is 2.78 bits per heavy atom. The van der Waals surface area contributed by atoms with Gasteiger partial charge in [-0.05, 0) is 62.6 Å². The summed E-state index contributed by atoms with van der Waals surface area (Å²) in [5, 5.41) is 3.63. The maximum absolute atomic E-state index is 12.7. The number of aryl methyl sites for hydroxylation is 2. The van der Waals surface area contributed by atoms with Gasteiger partial charge in [-0.25, -0.2) is 4.79 Å². The molecule has 1 aliphatic rings. The lowest BCUT2D eigenvalue weighted by molar-refractivity contribution is -0.115. The number of anilines is 1. The molecule has 27 heavy (non-hydrogen) atoms. The molecule has 4 nitrogen and oxygen atoms in total. The predicted octanol–water partition coefficient (Wildman–Crippen LogP) is 4.85. The number of rotatable bonds is 5. The van der Waals surface area contributed by atoms with Crippen molar-refractivity contribution < 1.29 is 14.3 Å². The number of fused-ring (bicyclic) bond motifs is 1. The van der Waals surface area contributed by atoms with Gasteiger partial charge in [-0.2, -0.15) is 0 Å². The zero-order chi connectivity index (χ0) is 19.6. The van der Waals surface area contributed by atoms with Crippen LogP contribution in [0, 0.1) is 19.8 Å². The van der Waals surface area contributed by atoms with E-state index >= 15 is 0 Å². The van der Waals surface area contributed by atoms with Gasteiger partial charge in [-0.15, -0.1) is 11.3 Å². The van der Waals surface area contributed by atoms with E-state index in [4.69, 9.17) is 4.74 Å². The zero-order valence-electron chi connectivity index (χ0n) is 16.5. The number of nitrogens with one attached hydrogen (secondary N) is 1. The SMILES string of the molecule is CCOC(=O)c1c(NC(=O)Cc2ccc(C)cc2C)sc2c1CC[C@@H](C)C2. The monoisotopic (exact) mass is 385 g/mol. The van der Waals surface area contributed by atoms with Gasteiger partial charge < -0.3 is 10.1 Å². The van der Waals surface area contributed by atoms with Gasteiger partial charge in [-0.3, -0.25) is 4.79 Å². The van der Waals surface area contributed by atoms with Gasteiger partial charge in [0, 0.05) is 4.88 Å². The van der Waals surface area contributed by atoms with Crippen LogP contribution in [0.3, 0.4) is 0 Å². The average Bonchev–Trinajstić information content (AvgIpc) is 2.94. The van der Waals surface area contributed by atoms with Crippen LogP contribution in [-0.4, -0.2) is 18.5 Å². The molecule has 0 unspecified atom stereocenters. The zero-order valence-corrected chi connectivity index (χ0v) is 17.3. The van der Waals surface area contributed by atoms with E-state index in [1.165, 1.54) is 21.8 Å². The van der Waals surface area contributed by atoms with Gasteiger partial charge >= 0.3 is 5.97 Å². The van der Waals surface area contributed by atoms with Gasteiger partial charge in [0.1, 0.15) is 5.00 Å². The first-order valence-corrected chi connectivity index (χ1v) is 10.4. The normalized spacial score (nSPS) is 15.9. The highest BCUT2D eigenvalue weighted by Gasteiger charge is 2.29. The minimum atomic E-state index is -0.327. The molecule has 0 bridgehead atoms. The van der Waals surface area contributed by atoms with Crippen molar-refractivity contribution in [2.45, 2.75) is 53.4 Å². The molecule has 1 aliphatic carbocycles. The second-order valence-corrected chi connectivity index (χ2v) is 8.54. The second kappa shape index (κ2) is 8.26. The summed E-state index contributed by atoms with van der Waals surface area (Å²) in [6.07, 6.45) is 3.19. The number of ether oxygens (including phenoxy) is 1. The standard InChI is InChI=1S/C22H27NO3S/c1-5-26-22(25)20-17-9-7-14(3)11-18(17)27-21(20)23-19(24)12-16-8-6-13(2)10-15(16)4/h6,8,10,14H,5,7,9,11-12H2,1-4H3,(H,23,24)/t14-/m1/s1. The lowest BCUT2D eigenvalue weighted by Crippen LogP contribution is -2.18. The summed E-state index contributed by atoms with van der Waals surface area (Å²) in [6.45, 7) is 8.42. The van der Waals surface area contributed by atoms with E-state index in [-0.39, 0.29) is 11.9 Å². The third kappa shape index (κ3) is 4.41. The fraction of sp³-hybridized carbons (Fsp3) is 0.455. The molecule has 0 fully saturated rings. The fourth-order valence-corrected chi connectivity index (χ4v) is 5.06. The molecule has 0 spiro atoms. The molecule has 1 aromatic heterocycles. The van der Waals surface area contributed by atoms with Gasteiger partial charge in [0.2, 0.25) is 5.91 Å². The van der Waals surface area contributed by atoms with E-state index in [0.717, 1.165) is 36.0 Å². The summed E-state index contributed by atoms with van der Waals surface area (Å²) in [6, 6.07) is 6.10. The van der Waals surface area contributed by atoms with Crippen LogP contribution < -0.4 is 5.32 Å². The molecule has 1 amide bonds. The highest BCUT2D eigenvalue weighted by molar-refractivity contribution is 7.17. The molecular weight excluding hydrogens is 358 g/mol. The van der Waals surface area contributed by atoms with Crippen LogP contribution in [0.2, 0.25) is 0 Å². The van der Waals surface area contributed by atoms with Crippen LogP contribution in [0.15, 0.2) is 18.2 Å². The quantitative estimate of drug-likeness (QED) is 0.749. The Labute approximate surface area is 164 Å². The molecule has 0 saturated heterocycles. The molecule has 3 rings (SSSR count). The van der Waals surface area contributed by atoms with Crippen LogP contribution in [0.5, 0.6) is 0 Å². The summed E-state index contributed by atoms with van der Waals surface area (Å²) in [4.78, 5) is 26.4. The summed E-state index contributed by atoms with van der Waals surface area (Å²) >= 11 is 1.53. The van der Waals surface area contributed by atoms with E-state index < -0.39 is 0 Å². The van der Waals surface area contributed by atoms with E-state index in [9.17, 15) is 9.59 Å². The minimum absolute atomic E-state index is 0.0980. The Morgan fingerprint density at radius 1 is 1.30 bits per heavy atom. The lowest BCUT2D eigenvalue weighted by Gasteiger charge is -2.18. The maximum Gasteiger partial charge on any atom is 0.341 e. The number of amides is 1. The number of esters is 1. The average molecular weight is 386 g/mol. The van der Waals surface area contributed by atoms with Gasteiger partial charge in [0.05, 0.1) is 18.6 Å². The van der Waals surface area contributed by atoms with Crippen molar-refractivity contribution in [1.29, 1.82) is 0 Å². The Kier molecular flexibility index (Phi) is 6.00. The first-order chi connectivity index (χ1) is 12.9. The lowest BCUT2D eigenvalue weighted by atomic mass is 9.88. The molecule has 144 valence electrons. The largest absolute Gasteiger partial charge is 0.462 e. The Morgan fingerprint density at radius 2 is 2.07 bits per heavy atom. The van der Waals surface area contributed by atoms with Crippen molar-refractivity contribution >= 4 is 28.2 Å². The molecule has 0 saturated carbocycles. The number of hydrogen-bond acceptors (Lipinski definition) is 4. The number of carbonyl (C=O) groups is 2. The second-order valence-electron chi connectivity index (χ2n) is 7.43. The predicted molar refractivity (Wildman–Crippen MR) is 110 cm³/mol. The summed E-state index contributed by atoms with van der Waals surface area (Å²) in [7, 11) is 0. The van der Waals surface area contributed by atoms with Crippen LogP contribution in [0.1, 0.15) is 57.8 Å². The van der Waals surface area contributed by atoms with E-state index in [2.05, 4.69) is 18.3 Å². The fourth-order valence-electron chi connectivity index (χ4n) is 3.65. The van der Waals surface area contributed by atoms with Gasteiger partial charge in [-0.1, -0.05) is 30.7 Å². The molecule has 1 aromatic carbocycles. The Bertz CT molecular complexity index is 869. The molecular formula is C22H27NO3S. The molecule has 1 N–H and O–H groups in total. The summed E-state index contributed by atoms with van der Waals surface area (Å²) < 4.78 is 5.27. The molecule has 1 heterocycles. The summed E-state index contributed by atoms with van der Waals surface area (Å²) in [5.74, 6) is 0.176. The van der Waals surface area contributed by atoms with Crippen molar-refractivity contribution in [2.75, 3.05) is 11.9 Å². The number of benzene rings is 1. The van der Waals surface area contributed by atoms with Crippen molar-refractivity contribution in [3.63, 3.8) is 0 Å². The maximum atomic E-state index is 12.7. The third-order valence-corrected chi connectivity index (χ3v) is 6.26. The number of hydrogen-bond donors (Lipinski definition) is 1. The number of thiophene rings is 1. The Balaban J connectivity index is 1.84. The Hall–Kier alpha value is -2.14. The number of carbonyl (C=O) groups excluding carboxylic acids is 2.